The Morgan fingerprint density at radius 2 is 2.35 bits per heavy atom. The highest BCUT2D eigenvalue weighted by Gasteiger charge is 2.10. The first-order valence-corrected chi connectivity index (χ1v) is 6.86. The second-order valence-corrected chi connectivity index (χ2v) is 5.28. The molecule has 0 saturated heterocycles. The second-order valence-electron chi connectivity index (χ2n) is 4.00. The predicted octanol–water partition coefficient (Wildman–Crippen LogP) is 1.84. The Kier molecular flexibility index (Phi) is 5.28. The van der Waals surface area contributed by atoms with Crippen LogP contribution in [-0.2, 0) is 0 Å². The van der Waals surface area contributed by atoms with Crippen molar-refractivity contribution < 1.29 is 4.79 Å². The van der Waals surface area contributed by atoms with Gasteiger partial charge in [-0.1, -0.05) is 6.92 Å². The molecule has 1 aromatic heterocycles. The summed E-state index contributed by atoms with van der Waals surface area (Å²) < 4.78 is 0. The summed E-state index contributed by atoms with van der Waals surface area (Å²) in [5.74, 6) is -0.150. The van der Waals surface area contributed by atoms with E-state index in [4.69, 9.17) is 5.73 Å². The lowest BCUT2D eigenvalue weighted by Crippen LogP contribution is -2.27. The smallest absolute Gasteiger partial charge is 0.254 e. The summed E-state index contributed by atoms with van der Waals surface area (Å²) >= 11 is 1.79. The Morgan fingerprint density at radius 3 is 2.94 bits per heavy atom. The number of thioether (sulfide) groups is 1. The predicted molar refractivity (Wildman–Crippen MR) is 73.3 cm³/mol. The van der Waals surface area contributed by atoms with E-state index in [0.717, 1.165) is 12.1 Å². The van der Waals surface area contributed by atoms with E-state index in [9.17, 15) is 4.79 Å². The zero-order valence-electron chi connectivity index (χ0n) is 10.5. The zero-order valence-corrected chi connectivity index (χ0v) is 11.3. The number of carbonyl (C=O) groups is 1. The van der Waals surface area contributed by atoms with Gasteiger partial charge in [0.05, 0.1) is 5.56 Å². The second kappa shape index (κ2) is 6.49. The van der Waals surface area contributed by atoms with Crippen LogP contribution in [-0.4, -0.2) is 28.9 Å². The van der Waals surface area contributed by atoms with Crippen molar-refractivity contribution in [2.45, 2.75) is 25.5 Å². The molecule has 1 rings (SSSR count). The van der Waals surface area contributed by atoms with Crippen molar-refractivity contribution in [3.8, 4) is 0 Å². The van der Waals surface area contributed by atoms with Gasteiger partial charge in [-0.15, -0.1) is 0 Å². The van der Waals surface area contributed by atoms with Crippen LogP contribution >= 0.6 is 11.8 Å². The molecule has 0 bridgehead atoms. The highest BCUT2D eigenvalue weighted by molar-refractivity contribution is 7.99. The summed E-state index contributed by atoms with van der Waals surface area (Å²) in [5.41, 5.74) is 7.52. The number of carbonyl (C=O) groups excluding carboxylic acids is 1. The first kappa shape index (κ1) is 13.8. The van der Waals surface area contributed by atoms with E-state index < -0.39 is 0 Å². The van der Waals surface area contributed by atoms with Gasteiger partial charge in [0.1, 0.15) is 0 Å². The Balaban J connectivity index is 2.52. The van der Waals surface area contributed by atoms with Crippen LogP contribution in [0, 0.1) is 6.92 Å². The summed E-state index contributed by atoms with van der Waals surface area (Å²) in [7, 11) is 0. The topological polar surface area (TPSA) is 68.0 Å². The third-order valence-electron chi connectivity index (χ3n) is 2.56. The fourth-order valence-electron chi connectivity index (χ4n) is 1.37. The minimum Gasteiger partial charge on any atom is -0.398 e. The van der Waals surface area contributed by atoms with Gasteiger partial charge in [-0.25, -0.2) is 0 Å². The average Bonchev–Trinajstić information content (AvgIpc) is 2.28. The third-order valence-corrected chi connectivity index (χ3v) is 3.60. The van der Waals surface area contributed by atoms with Gasteiger partial charge in [0.2, 0.25) is 0 Å². The van der Waals surface area contributed by atoms with Crippen LogP contribution in [0.25, 0.3) is 0 Å². The highest BCUT2D eigenvalue weighted by atomic mass is 32.2. The standard InChI is InChI=1S/C12H19N3OS/c1-8-6-11(13)10(7-15-8)12(16)14-5-4-9(2)17-3/h6-7,9H,4-5H2,1-3H3,(H2,13,15)(H,14,16). The van der Waals surface area contributed by atoms with E-state index in [-0.39, 0.29) is 5.91 Å². The molecule has 1 heterocycles. The average molecular weight is 253 g/mol. The summed E-state index contributed by atoms with van der Waals surface area (Å²) in [6, 6.07) is 1.71. The zero-order chi connectivity index (χ0) is 12.8. The van der Waals surface area contributed by atoms with Gasteiger partial charge in [0, 0.05) is 29.4 Å². The molecule has 1 amide bonds. The van der Waals surface area contributed by atoms with Crippen molar-refractivity contribution in [1.29, 1.82) is 0 Å². The number of aromatic nitrogens is 1. The lowest BCUT2D eigenvalue weighted by Gasteiger charge is -2.10. The number of nitrogens with one attached hydrogen (secondary N) is 1. The van der Waals surface area contributed by atoms with Gasteiger partial charge in [-0.2, -0.15) is 11.8 Å². The molecule has 1 atom stereocenters. The van der Waals surface area contributed by atoms with Crippen molar-refractivity contribution in [2.24, 2.45) is 0 Å². The molecule has 0 fully saturated rings. The van der Waals surface area contributed by atoms with Gasteiger partial charge in [0.15, 0.2) is 0 Å². The number of rotatable bonds is 5. The Morgan fingerprint density at radius 1 is 1.65 bits per heavy atom. The molecule has 0 aliphatic heterocycles. The number of aryl methyl sites for hydroxylation is 1. The van der Waals surface area contributed by atoms with Crippen molar-refractivity contribution >= 4 is 23.4 Å². The Labute approximate surface area is 106 Å². The number of hydrogen-bond donors (Lipinski definition) is 2. The number of amides is 1. The van der Waals surface area contributed by atoms with Crippen LogP contribution in [0.1, 0.15) is 29.4 Å². The molecular formula is C12H19N3OS. The minimum absolute atomic E-state index is 0.150. The van der Waals surface area contributed by atoms with Crippen molar-refractivity contribution in [2.75, 3.05) is 18.5 Å². The largest absolute Gasteiger partial charge is 0.398 e. The first-order chi connectivity index (χ1) is 8.04. The van der Waals surface area contributed by atoms with Crippen molar-refractivity contribution in [3.63, 3.8) is 0 Å². The van der Waals surface area contributed by atoms with Crippen LogP contribution in [0.3, 0.4) is 0 Å². The fourth-order valence-corrected chi connectivity index (χ4v) is 1.73. The number of anilines is 1. The first-order valence-electron chi connectivity index (χ1n) is 5.57. The van der Waals surface area contributed by atoms with E-state index in [1.165, 1.54) is 6.20 Å². The van der Waals surface area contributed by atoms with Crippen LogP contribution < -0.4 is 11.1 Å². The number of nitrogen functional groups attached to an aromatic ring is 1. The van der Waals surface area contributed by atoms with Gasteiger partial charge in [-0.3, -0.25) is 9.78 Å². The van der Waals surface area contributed by atoms with Crippen LogP contribution in [0.5, 0.6) is 0 Å². The van der Waals surface area contributed by atoms with Crippen molar-refractivity contribution in [1.82, 2.24) is 10.3 Å². The maximum Gasteiger partial charge on any atom is 0.254 e. The Bertz CT molecular complexity index is 395. The van der Waals surface area contributed by atoms with E-state index in [0.29, 0.717) is 23.0 Å². The number of nitrogens with zero attached hydrogens (tertiary/aromatic N) is 1. The molecule has 1 unspecified atom stereocenters. The summed E-state index contributed by atoms with van der Waals surface area (Å²) in [5, 5.41) is 3.40. The molecule has 0 radical (unpaired) electrons. The molecular weight excluding hydrogens is 234 g/mol. The quantitative estimate of drug-likeness (QED) is 0.840. The molecule has 17 heavy (non-hydrogen) atoms. The highest BCUT2D eigenvalue weighted by Crippen LogP contribution is 2.12. The maximum absolute atomic E-state index is 11.8. The van der Waals surface area contributed by atoms with E-state index >= 15 is 0 Å². The normalized spacial score (nSPS) is 12.2. The molecule has 0 saturated carbocycles. The van der Waals surface area contributed by atoms with Crippen molar-refractivity contribution in [3.05, 3.63) is 23.5 Å². The molecule has 0 aliphatic carbocycles. The van der Waals surface area contributed by atoms with Gasteiger partial charge in [0.25, 0.3) is 5.91 Å². The minimum atomic E-state index is -0.150. The summed E-state index contributed by atoms with van der Waals surface area (Å²) in [6.07, 6.45) is 4.54. The molecule has 4 nitrogen and oxygen atoms in total. The summed E-state index contributed by atoms with van der Waals surface area (Å²) in [4.78, 5) is 15.9. The van der Waals surface area contributed by atoms with Gasteiger partial charge >= 0.3 is 0 Å². The molecule has 3 N–H and O–H groups in total. The summed E-state index contributed by atoms with van der Waals surface area (Å²) in [6.45, 7) is 4.64. The van der Waals surface area contributed by atoms with E-state index in [1.54, 1.807) is 17.8 Å². The molecule has 0 aliphatic rings. The van der Waals surface area contributed by atoms with E-state index in [2.05, 4.69) is 23.5 Å². The lowest BCUT2D eigenvalue weighted by atomic mass is 10.2. The van der Waals surface area contributed by atoms with Crippen LogP contribution in [0.4, 0.5) is 5.69 Å². The monoisotopic (exact) mass is 253 g/mol. The number of pyridine rings is 1. The molecule has 5 heteroatoms. The molecule has 0 spiro atoms. The number of nitrogens with two attached hydrogens (primary N) is 1. The fraction of sp³-hybridized carbons (Fsp3) is 0.500. The van der Waals surface area contributed by atoms with Crippen LogP contribution in [0.15, 0.2) is 12.3 Å². The van der Waals surface area contributed by atoms with Crippen LogP contribution in [0.2, 0.25) is 0 Å². The lowest BCUT2D eigenvalue weighted by molar-refractivity contribution is 0.0954. The van der Waals surface area contributed by atoms with Gasteiger partial charge in [-0.05, 0) is 25.7 Å². The number of hydrogen-bond acceptors (Lipinski definition) is 4. The SMILES string of the molecule is CSC(C)CCNC(=O)c1cnc(C)cc1N. The maximum atomic E-state index is 11.8. The molecule has 0 aromatic carbocycles. The van der Waals surface area contributed by atoms with Gasteiger partial charge < -0.3 is 11.1 Å². The molecule has 1 aromatic rings. The van der Waals surface area contributed by atoms with E-state index in [1.807, 2.05) is 6.92 Å². The Hall–Kier alpha value is -1.23. The third kappa shape index (κ3) is 4.26. The molecule has 94 valence electrons.